The Bertz CT molecular complexity index is 115. The van der Waals surface area contributed by atoms with Gasteiger partial charge in [-0.2, -0.15) is 0 Å². The maximum absolute atomic E-state index is 5.47. The molecule has 0 heterocycles. The first-order valence-electron chi connectivity index (χ1n) is 5.15. The second-order valence-corrected chi connectivity index (χ2v) is 3.47. The van der Waals surface area contributed by atoms with Gasteiger partial charge in [-0.1, -0.05) is 56.7 Å². The van der Waals surface area contributed by atoms with Crippen molar-refractivity contribution in [3.05, 3.63) is 12.7 Å². The zero-order valence-corrected chi connectivity index (χ0v) is 9.35. The van der Waals surface area contributed by atoms with E-state index < -0.39 is 0 Å². The summed E-state index contributed by atoms with van der Waals surface area (Å²) in [5.41, 5.74) is 0. The molecule has 0 N–H and O–H groups in total. The molecular formula is C11H21ClO. The second-order valence-electron chi connectivity index (χ2n) is 3.25. The lowest BCUT2D eigenvalue weighted by molar-refractivity contribution is 0.115. The minimum absolute atomic E-state index is 0.152. The Morgan fingerprint density at radius 1 is 1.31 bits per heavy atom. The Morgan fingerprint density at radius 2 is 2.00 bits per heavy atom. The largest absolute Gasteiger partial charge is 0.358 e. The fraction of sp³-hybridized carbons (Fsp3) is 0.818. The minimum Gasteiger partial charge on any atom is -0.358 e. The molecule has 0 aromatic rings. The number of unbranched alkanes of at least 4 members (excludes halogenated alkanes) is 4. The van der Waals surface area contributed by atoms with E-state index in [1.807, 2.05) is 6.08 Å². The summed E-state index contributed by atoms with van der Waals surface area (Å²) in [6.07, 6.45) is 9.53. The molecule has 0 radical (unpaired) electrons. The molecule has 78 valence electrons. The molecule has 0 fully saturated rings. The average Bonchev–Trinajstić information content (AvgIpc) is 2.16. The van der Waals surface area contributed by atoms with E-state index in [9.17, 15) is 0 Å². The van der Waals surface area contributed by atoms with Gasteiger partial charge in [0.15, 0.2) is 0 Å². The van der Waals surface area contributed by atoms with Crippen LogP contribution >= 0.6 is 11.6 Å². The molecule has 0 aromatic heterocycles. The van der Waals surface area contributed by atoms with Crippen LogP contribution in [0.3, 0.4) is 0 Å². The van der Waals surface area contributed by atoms with E-state index in [0.717, 1.165) is 6.42 Å². The number of hydrogen-bond acceptors (Lipinski definition) is 1. The lowest BCUT2D eigenvalue weighted by Crippen LogP contribution is -2.07. The first kappa shape index (κ1) is 13.0. The van der Waals surface area contributed by atoms with Crippen LogP contribution in [0.1, 0.15) is 45.4 Å². The van der Waals surface area contributed by atoms with Crippen LogP contribution in [0, 0.1) is 0 Å². The van der Waals surface area contributed by atoms with Crippen LogP contribution in [0.15, 0.2) is 12.7 Å². The fourth-order valence-corrected chi connectivity index (χ4v) is 1.46. The first-order valence-corrected chi connectivity index (χ1v) is 5.68. The lowest BCUT2D eigenvalue weighted by atomic mass is 10.1. The summed E-state index contributed by atoms with van der Waals surface area (Å²) in [6, 6.07) is 0.269. The molecule has 0 rings (SSSR count). The summed E-state index contributed by atoms with van der Waals surface area (Å²) in [5, 5.41) is 0. The third kappa shape index (κ3) is 8.32. The van der Waals surface area contributed by atoms with Gasteiger partial charge in [-0.05, 0) is 6.42 Å². The maximum atomic E-state index is 5.47. The minimum atomic E-state index is 0.152. The lowest BCUT2D eigenvalue weighted by Gasteiger charge is -2.10. The molecule has 1 nitrogen and oxygen atoms in total. The molecule has 0 saturated carbocycles. The number of ether oxygens (including phenoxy) is 1. The molecule has 0 aliphatic carbocycles. The van der Waals surface area contributed by atoms with Gasteiger partial charge in [0, 0.05) is 0 Å². The van der Waals surface area contributed by atoms with E-state index in [-0.39, 0.29) is 12.2 Å². The first-order chi connectivity index (χ1) is 6.35. The van der Waals surface area contributed by atoms with Gasteiger partial charge in [-0.25, -0.2) is 0 Å². The van der Waals surface area contributed by atoms with Gasteiger partial charge in [0.05, 0.1) is 6.10 Å². The molecular weight excluding hydrogens is 184 g/mol. The van der Waals surface area contributed by atoms with Crippen molar-refractivity contribution in [2.45, 2.75) is 51.6 Å². The van der Waals surface area contributed by atoms with E-state index >= 15 is 0 Å². The SMILES string of the molecule is C=CC(CCCCCCC)OCCl. The predicted molar refractivity (Wildman–Crippen MR) is 59.2 cm³/mol. The van der Waals surface area contributed by atoms with E-state index in [1.54, 1.807) is 0 Å². The van der Waals surface area contributed by atoms with Crippen molar-refractivity contribution in [3.8, 4) is 0 Å². The highest BCUT2D eigenvalue weighted by Gasteiger charge is 2.02. The molecule has 1 unspecified atom stereocenters. The molecule has 2 heteroatoms. The number of rotatable bonds is 9. The molecule has 0 aliphatic heterocycles. The van der Waals surface area contributed by atoms with Gasteiger partial charge in [-0.3, -0.25) is 0 Å². The molecule has 0 amide bonds. The summed E-state index contributed by atoms with van der Waals surface area (Å²) in [7, 11) is 0. The van der Waals surface area contributed by atoms with Crippen molar-refractivity contribution in [1.29, 1.82) is 0 Å². The third-order valence-electron chi connectivity index (χ3n) is 2.13. The number of halogens is 1. The molecule has 0 saturated heterocycles. The fourth-order valence-electron chi connectivity index (χ4n) is 1.30. The molecule has 0 aliphatic rings. The predicted octanol–water partition coefficient (Wildman–Crippen LogP) is 4.11. The maximum Gasteiger partial charge on any atom is 0.121 e. The highest BCUT2D eigenvalue weighted by Crippen LogP contribution is 2.10. The van der Waals surface area contributed by atoms with Gasteiger partial charge in [0.1, 0.15) is 6.07 Å². The number of hydrogen-bond donors (Lipinski definition) is 0. The Balaban J connectivity index is 3.22. The molecule has 1 atom stereocenters. The smallest absolute Gasteiger partial charge is 0.121 e. The average molecular weight is 205 g/mol. The topological polar surface area (TPSA) is 9.23 Å². The molecule has 0 bridgehead atoms. The second kappa shape index (κ2) is 10.1. The van der Waals surface area contributed by atoms with Crippen LogP contribution < -0.4 is 0 Å². The van der Waals surface area contributed by atoms with Crippen molar-refractivity contribution < 1.29 is 4.74 Å². The number of alkyl halides is 1. The molecule has 0 aromatic carbocycles. The standard InChI is InChI=1S/C11H21ClO/c1-3-5-6-7-8-9-11(4-2)13-10-12/h4,11H,2-3,5-10H2,1H3. The van der Waals surface area contributed by atoms with Gasteiger partial charge in [0.25, 0.3) is 0 Å². The normalized spacial score (nSPS) is 12.8. The van der Waals surface area contributed by atoms with Crippen molar-refractivity contribution in [1.82, 2.24) is 0 Å². The van der Waals surface area contributed by atoms with Crippen molar-refractivity contribution >= 4 is 11.6 Å². The van der Waals surface area contributed by atoms with Crippen LogP contribution in [-0.2, 0) is 4.74 Å². The summed E-state index contributed by atoms with van der Waals surface area (Å²) < 4.78 is 5.25. The summed E-state index contributed by atoms with van der Waals surface area (Å²) >= 11 is 5.47. The zero-order valence-electron chi connectivity index (χ0n) is 8.60. The van der Waals surface area contributed by atoms with E-state index in [0.29, 0.717) is 0 Å². The van der Waals surface area contributed by atoms with Gasteiger partial charge >= 0.3 is 0 Å². The zero-order chi connectivity index (χ0) is 9.94. The highest BCUT2D eigenvalue weighted by molar-refractivity contribution is 6.17. The summed E-state index contributed by atoms with van der Waals surface area (Å²) in [4.78, 5) is 0. The van der Waals surface area contributed by atoms with Crippen LogP contribution in [-0.4, -0.2) is 12.2 Å². The van der Waals surface area contributed by atoms with Crippen LogP contribution in [0.4, 0.5) is 0 Å². The monoisotopic (exact) mass is 204 g/mol. The van der Waals surface area contributed by atoms with Gasteiger partial charge in [-0.15, -0.1) is 6.58 Å². The van der Waals surface area contributed by atoms with E-state index in [4.69, 9.17) is 16.3 Å². The van der Waals surface area contributed by atoms with Crippen molar-refractivity contribution in [3.63, 3.8) is 0 Å². The molecule has 13 heavy (non-hydrogen) atoms. The van der Waals surface area contributed by atoms with Crippen molar-refractivity contribution in [2.24, 2.45) is 0 Å². The van der Waals surface area contributed by atoms with Gasteiger partial charge < -0.3 is 4.74 Å². The Hall–Kier alpha value is -0.0100. The van der Waals surface area contributed by atoms with Crippen LogP contribution in [0.5, 0.6) is 0 Å². The summed E-state index contributed by atoms with van der Waals surface area (Å²) in [6.45, 7) is 5.94. The van der Waals surface area contributed by atoms with Crippen LogP contribution in [0.25, 0.3) is 0 Å². The van der Waals surface area contributed by atoms with Gasteiger partial charge in [0.2, 0.25) is 0 Å². The quantitative estimate of drug-likeness (QED) is 0.312. The Labute approximate surface area is 87.1 Å². The van der Waals surface area contributed by atoms with Crippen molar-refractivity contribution in [2.75, 3.05) is 6.07 Å². The highest BCUT2D eigenvalue weighted by atomic mass is 35.5. The van der Waals surface area contributed by atoms with E-state index in [2.05, 4.69) is 13.5 Å². The Kier molecular flexibility index (Phi) is 10.1. The van der Waals surface area contributed by atoms with Crippen LogP contribution in [0.2, 0.25) is 0 Å². The van der Waals surface area contributed by atoms with E-state index in [1.165, 1.54) is 32.1 Å². The third-order valence-corrected chi connectivity index (χ3v) is 2.26. The summed E-state index contributed by atoms with van der Waals surface area (Å²) in [5.74, 6) is 0. The Morgan fingerprint density at radius 3 is 2.54 bits per heavy atom. The molecule has 0 spiro atoms.